The van der Waals surface area contributed by atoms with Crippen LogP contribution in [0.3, 0.4) is 0 Å². The zero-order valence-electron chi connectivity index (χ0n) is 11.1. The van der Waals surface area contributed by atoms with Crippen LogP contribution in [0.1, 0.15) is 39.3 Å². The Balaban J connectivity index is 2.71. The van der Waals surface area contributed by atoms with Gasteiger partial charge in [0.25, 0.3) is 0 Å². The highest BCUT2D eigenvalue weighted by molar-refractivity contribution is 5.20. The van der Waals surface area contributed by atoms with Crippen molar-refractivity contribution >= 4 is 0 Å². The molecule has 0 saturated heterocycles. The highest BCUT2D eigenvalue weighted by atomic mass is 19.1. The molecule has 0 radical (unpaired) electrons. The monoisotopic (exact) mass is 239 g/mol. The molecule has 17 heavy (non-hydrogen) atoms. The third-order valence-electron chi connectivity index (χ3n) is 2.38. The van der Waals surface area contributed by atoms with Gasteiger partial charge in [-0.05, 0) is 45.0 Å². The van der Waals surface area contributed by atoms with Crippen molar-refractivity contribution in [2.24, 2.45) is 0 Å². The molecule has 0 aliphatic heterocycles. The van der Waals surface area contributed by atoms with E-state index in [1.165, 1.54) is 6.07 Å². The molecule has 1 N–H and O–H groups in total. The van der Waals surface area contributed by atoms with Crippen LogP contribution in [0.4, 0.5) is 4.39 Å². The molecule has 0 spiro atoms. The summed E-state index contributed by atoms with van der Waals surface area (Å²) in [5.41, 5.74) is 0.747. The number of rotatable bonds is 5. The smallest absolute Gasteiger partial charge is 0.123 e. The topological polar surface area (TPSA) is 21.3 Å². The first-order valence-corrected chi connectivity index (χ1v) is 6.05. The molecule has 1 unspecified atom stereocenters. The molecule has 0 fully saturated rings. The average Bonchev–Trinajstić information content (AvgIpc) is 2.23. The van der Waals surface area contributed by atoms with Crippen molar-refractivity contribution in [1.82, 2.24) is 5.32 Å². The highest BCUT2D eigenvalue weighted by Gasteiger charge is 2.16. The first kappa shape index (κ1) is 14.1. The molecule has 0 aromatic heterocycles. The van der Waals surface area contributed by atoms with Gasteiger partial charge in [0.15, 0.2) is 0 Å². The van der Waals surface area contributed by atoms with Crippen LogP contribution in [0.2, 0.25) is 0 Å². The second-order valence-electron chi connectivity index (χ2n) is 5.09. The fourth-order valence-corrected chi connectivity index (χ4v) is 1.58. The average molecular weight is 239 g/mol. The van der Waals surface area contributed by atoms with E-state index in [1.807, 2.05) is 33.8 Å². The summed E-state index contributed by atoms with van der Waals surface area (Å²) in [7, 11) is 0. The molecule has 0 heterocycles. The number of ether oxygens (including phenoxy) is 1. The van der Waals surface area contributed by atoms with E-state index in [2.05, 4.69) is 5.32 Å². The lowest BCUT2D eigenvalue weighted by molar-refractivity contribution is -0.0146. The normalized spacial score (nSPS) is 13.7. The zero-order chi connectivity index (χ0) is 12.9. The van der Waals surface area contributed by atoms with Crippen LogP contribution in [0.25, 0.3) is 0 Å². The SMILES string of the molecule is CCNC(COC(C)(C)C)c1cccc(F)c1. The van der Waals surface area contributed by atoms with Crippen LogP contribution in [-0.4, -0.2) is 18.8 Å². The van der Waals surface area contributed by atoms with Crippen LogP contribution < -0.4 is 5.32 Å². The first-order valence-electron chi connectivity index (χ1n) is 6.05. The van der Waals surface area contributed by atoms with Gasteiger partial charge in [-0.1, -0.05) is 19.1 Å². The van der Waals surface area contributed by atoms with Gasteiger partial charge in [0.1, 0.15) is 5.82 Å². The zero-order valence-corrected chi connectivity index (χ0v) is 11.1. The van der Waals surface area contributed by atoms with E-state index in [1.54, 1.807) is 12.1 Å². The summed E-state index contributed by atoms with van der Waals surface area (Å²) in [4.78, 5) is 0. The summed E-state index contributed by atoms with van der Waals surface area (Å²) in [6, 6.07) is 6.69. The third kappa shape index (κ3) is 5.29. The second kappa shape index (κ2) is 6.12. The first-order chi connectivity index (χ1) is 7.92. The van der Waals surface area contributed by atoms with Crippen LogP contribution in [-0.2, 0) is 4.74 Å². The maximum atomic E-state index is 13.2. The van der Waals surface area contributed by atoms with E-state index >= 15 is 0 Å². The minimum atomic E-state index is -0.207. The molecular weight excluding hydrogens is 217 g/mol. The summed E-state index contributed by atoms with van der Waals surface area (Å²) in [5.74, 6) is -0.207. The lowest BCUT2D eigenvalue weighted by atomic mass is 10.1. The van der Waals surface area contributed by atoms with E-state index in [9.17, 15) is 4.39 Å². The highest BCUT2D eigenvalue weighted by Crippen LogP contribution is 2.17. The van der Waals surface area contributed by atoms with Gasteiger partial charge in [-0.15, -0.1) is 0 Å². The summed E-state index contributed by atoms with van der Waals surface area (Å²) in [6.07, 6.45) is 0. The minimum absolute atomic E-state index is 0.0370. The van der Waals surface area contributed by atoms with Crippen LogP contribution in [0.15, 0.2) is 24.3 Å². The summed E-state index contributed by atoms with van der Waals surface area (Å²) in [5, 5.41) is 3.31. The van der Waals surface area contributed by atoms with Crippen molar-refractivity contribution in [3.8, 4) is 0 Å². The number of halogens is 1. The molecule has 0 aliphatic carbocycles. The summed E-state index contributed by atoms with van der Waals surface area (Å²) < 4.78 is 18.9. The van der Waals surface area contributed by atoms with Gasteiger partial charge in [0.05, 0.1) is 18.2 Å². The number of hydrogen-bond donors (Lipinski definition) is 1. The summed E-state index contributed by atoms with van der Waals surface area (Å²) in [6.45, 7) is 9.45. The maximum absolute atomic E-state index is 13.2. The van der Waals surface area contributed by atoms with Gasteiger partial charge in [-0.3, -0.25) is 0 Å². The van der Waals surface area contributed by atoms with Crippen molar-refractivity contribution in [3.63, 3.8) is 0 Å². The molecule has 1 aromatic rings. The number of nitrogens with one attached hydrogen (secondary N) is 1. The fraction of sp³-hybridized carbons (Fsp3) is 0.571. The number of benzene rings is 1. The quantitative estimate of drug-likeness (QED) is 0.851. The summed E-state index contributed by atoms with van der Waals surface area (Å²) >= 11 is 0. The lowest BCUT2D eigenvalue weighted by Gasteiger charge is -2.25. The molecule has 2 nitrogen and oxygen atoms in total. The van der Waals surface area contributed by atoms with Gasteiger partial charge in [-0.2, -0.15) is 0 Å². The molecule has 0 bridgehead atoms. The van der Waals surface area contributed by atoms with Crippen LogP contribution in [0, 0.1) is 5.82 Å². The molecule has 1 aromatic carbocycles. The maximum Gasteiger partial charge on any atom is 0.123 e. The Labute approximate surface area is 103 Å². The van der Waals surface area contributed by atoms with Crippen LogP contribution >= 0.6 is 0 Å². The third-order valence-corrected chi connectivity index (χ3v) is 2.38. The standard InChI is InChI=1S/C14H22FNO/c1-5-16-13(10-17-14(2,3)4)11-7-6-8-12(15)9-11/h6-9,13,16H,5,10H2,1-4H3. The number of likely N-dealkylation sites (N-methyl/N-ethyl adjacent to an activating group) is 1. The Hall–Kier alpha value is -0.930. The van der Waals surface area contributed by atoms with Gasteiger partial charge in [0, 0.05) is 0 Å². The Morgan fingerprint density at radius 3 is 2.59 bits per heavy atom. The molecule has 0 saturated carbocycles. The van der Waals surface area contributed by atoms with E-state index < -0.39 is 0 Å². The van der Waals surface area contributed by atoms with E-state index in [-0.39, 0.29) is 17.5 Å². The van der Waals surface area contributed by atoms with Gasteiger partial charge in [0.2, 0.25) is 0 Å². The molecule has 96 valence electrons. The fourth-order valence-electron chi connectivity index (χ4n) is 1.58. The predicted octanol–water partition coefficient (Wildman–Crippen LogP) is 3.29. The Morgan fingerprint density at radius 2 is 2.06 bits per heavy atom. The van der Waals surface area contributed by atoms with E-state index in [0.29, 0.717) is 6.61 Å². The molecule has 1 rings (SSSR count). The lowest BCUT2D eigenvalue weighted by Crippen LogP contribution is -2.30. The minimum Gasteiger partial charge on any atom is -0.374 e. The van der Waals surface area contributed by atoms with Crippen molar-refractivity contribution in [3.05, 3.63) is 35.6 Å². The van der Waals surface area contributed by atoms with Gasteiger partial charge < -0.3 is 10.1 Å². The molecular formula is C14H22FNO. The second-order valence-corrected chi connectivity index (χ2v) is 5.09. The Bertz CT molecular complexity index is 346. The van der Waals surface area contributed by atoms with Crippen molar-refractivity contribution < 1.29 is 9.13 Å². The Morgan fingerprint density at radius 1 is 1.35 bits per heavy atom. The Kier molecular flexibility index (Phi) is 5.09. The predicted molar refractivity (Wildman–Crippen MR) is 68.5 cm³/mol. The van der Waals surface area contributed by atoms with E-state index in [0.717, 1.165) is 12.1 Å². The van der Waals surface area contributed by atoms with Crippen molar-refractivity contribution in [1.29, 1.82) is 0 Å². The molecule has 1 atom stereocenters. The van der Waals surface area contributed by atoms with Crippen molar-refractivity contribution in [2.45, 2.75) is 39.3 Å². The largest absolute Gasteiger partial charge is 0.374 e. The van der Waals surface area contributed by atoms with Crippen molar-refractivity contribution in [2.75, 3.05) is 13.2 Å². The van der Waals surface area contributed by atoms with Crippen LogP contribution in [0.5, 0.6) is 0 Å². The number of hydrogen-bond acceptors (Lipinski definition) is 2. The molecule has 0 aliphatic rings. The van der Waals surface area contributed by atoms with Gasteiger partial charge >= 0.3 is 0 Å². The molecule has 3 heteroatoms. The molecule has 0 amide bonds. The van der Waals surface area contributed by atoms with E-state index in [4.69, 9.17) is 4.74 Å². The van der Waals surface area contributed by atoms with Gasteiger partial charge in [-0.25, -0.2) is 4.39 Å².